The van der Waals surface area contributed by atoms with E-state index in [1.54, 1.807) is 19.2 Å². The maximum Gasteiger partial charge on any atom is 0.126 e. The Labute approximate surface area is 172 Å². The Morgan fingerprint density at radius 3 is 2.41 bits per heavy atom. The van der Waals surface area contributed by atoms with Gasteiger partial charge in [-0.05, 0) is 34.7 Å². The van der Waals surface area contributed by atoms with Crippen LogP contribution in [0.25, 0.3) is 16.8 Å². The van der Waals surface area contributed by atoms with Crippen molar-refractivity contribution in [3.63, 3.8) is 0 Å². The van der Waals surface area contributed by atoms with E-state index in [4.69, 9.17) is 4.74 Å². The van der Waals surface area contributed by atoms with Gasteiger partial charge in [0.15, 0.2) is 0 Å². The Morgan fingerprint density at radius 1 is 0.897 bits per heavy atom. The standard InChI is InChI=1S/C25H27FN2O/c1-29-25-12-11-21(23-9-2-3-10-24(23)25)19-28-16-14-27(15-17-28)13-5-7-20-6-4-8-22(26)18-20/h2-12,18H,13-17,19H2,1H3. The minimum absolute atomic E-state index is 0.188. The second-order valence-electron chi connectivity index (χ2n) is 7.51. The quantitative estimate of drug-likeness (QED) is 0.600. The van der Waals surface area contributed by atoms with E-state index in [9.17, 15) is 4.39 Å². The van der Waals surface area contributed by atoms with Crippen molar-refractivity contribution in [1.29, 1.82) is 0 Å². The average molecular weight is 391 g/mol. The van der Waals surface area contributed by atoms with Crippen LogP contribution in [0.4, 0.5) is 4.39 Å². The van der Waals surface area contributed by atoms with Crippen molar-refractivity contribution in [3.05, 3.63) is 83.7 Å². The number of piperazine rings is 1. The summed E-state index contributed by atoms with van der Waals surface area (Å²) in [6.07, 6.45) is 4.13. The fourth-order valence-electron chi connectivity index (χ4n) is 3.97. The number of fused-ring (bicyclic) bond motifs is 1. The molecule has 0 atom stereocenters. The second-order valence-corrected chi connectivity index (χ2v) is 7.51. The van der Waals surface area contributed by atoms with E-state index >= 15 is 0 Å². The van der Waals surface area contributed by atoms with E-state index in [0.717, 1.165) is 50.6 Å². The van der Waals surface area contributed by atoms with Crippen LogP contribution in [-0.4, -0.2) is 49.6 Å². The Bertz CT molecular complexity index is 993. The van der Waals surface area contributed by atoms with Gasteiger partial charge in [0.25, 0.3) is 0 Å². The molecule has 1 saturated heterocycles. The molecule has 4 heteroatoms. The highest BCUT2D eigenvalue weighted by molar-refractivity contribution is 5.91. The predicted molar refractivity (Wildman–Crippen MR) is 118 cm³/mol. The molecule has 3 nitrogen and oxygen atoms in total. The monoisotopic (exact) mass is 390 g/mol. The maximum atomic E-state index is 13.3. The number of hydrogen-bond donors (Lipinski definition) is 0. The van der Waals surface area contributed by atoms with Crippen molar-refractivity contribution in [2.24, 2.45) is 0 Å². The zero-order valence-electron chi connectivity index (χ0n) is 16.9. The molecule has 0 spiro atoms. The van der Waals surface area contributed by atoms with Crippen LogP contribution in [0, 0.1) is 5.82 Å². The van der Waals surface area contributed by atoms with Crippen LogP contribution in [0.3, 0.4) is 0 Å². The molecule has 0 aromatic heterocycles. The number of ether oxygens (including phenoxy) is 1. The van der Waals surface area contributed by atoms with Crippen LogP contribution in [0.2, 0.25) is 0 Å². The smallest absolute Gasteiger partial charge is 0.126 e. The normalized spacial score (nSPS) is 15.9. The number of hydrogen-bond acceptors (Lipinski definition) is 3. The molecule has 150 valence electrons. The molecule has 0 amide bonds. The highest BCUT2D eigenvalue weighted by atomic mass is 19.1. The van der Waals surface area contributed by atoms with Crippen LogP contribution in [0.5, 0.6) is 5.75 Å². The van der Waals surface area contributed by atoms with Gasteiger partial charge in [-0.3, -0.25) is 9.80 Å². The molecule has 0 N–H and O–H groups in total. The Morgan fingerprint density at radius 2 is 1.66 bits per heavy atom. The topological polar surface area (TPSA) is 15.7 Å². The minimum atomic E-state index is -0.188. The predicted octanol–water partition coefficient (Wildman–Crippen LogP) is 4.82. The lowest BCUT2D eigenvalue weighted by atomic mass is 10.0. The Hall–Kier alpha value is -2.69. The van der Waals surface area contributed by atoms with Gasteiger partial charge in [0.2, 0.25) is 0 Å². The minimum Gasteiger partial charge on any atom is -0.496 e. The van der Waals surface area contributed by atoms with Crippen LogP contribution >= 0.6 is 0 Å². The third-order valence-corrected chi connectivity index (χ3v) is 5.58. The molecule has 1 aliphatic rings. The van der Waals surface area contributed by atoms with Gasteiger partial charge in [0.1, 0.15) is 11.6 Å². The van der Waals surface area contributed by atoms with Gasteiger partial charge in [-0.2, -0.15) is 0 Å². The summed E-state index contributed by atoms with van der Waals surface area (Å²) in [4.78, 5) is 4.96. The van der Waals surface area contributed by atoms with Gasteiger partial charge in [0.05, 0.1) is 7.11 Å². The molecule has 0 aliphatic carbocycles. The van der Waals surface area contributed by atoms with Gasteiger partial charge in [0, 0.05) is 44.7 Å². The lowest BCUT2D eigenvalue weighted by Gasteiger charge is -2.34. The van der Waals surface area contributed by atoms with Crippen LogP contribution in [0.1, 0.15) is 11.1 Å². The summed E-state index contributed by atoms with van der Waals surface area (Å²) in [5.74, 6) is 0.742. The summed E-state index contributed by atoms with van der Waals surface area (Å²) in [5.41, 5.74) is 2.26. The Balaban J connectivity index is 1.33. The molecule has 3 aromatic rings. The molecule has 1 aliphatic heterocycles. The number of methoxy groups -OCH3 is 1. The summed E-state index contributed by atoms with van der Waals surface area (Å²) < 4.78 is 18.8. The van der Waals surface area contributed by atoms with Crippen molar-refractivity contribution in [2.75, 3.05) is 39.8 Å². The Kier molecular flexibility index (Phi) is 6.23. The number of benzene rings is 3. The zero-order chi connectivity index (χ0) is 20.1. The van der Waals surface area contributed by atoms with Gasteiger partial charge in [-0.1, -0.05) is 54.6 Å². The van der Waals surface area contributed by atoms with E-state index in [2.05, 4.69) is 52.3 Å². The molecule has 1 fully saturated rings. The first kappa shape index (κ1) is 19.6. The van der Waals surface area contributed by atoms with Crippen molar-refractivity contribution >= 4 is 16.8 Å². The molecule has 0 saturated carbocycles. The van der Waals surface area contributed by atoms with Crippen molar-refractivity contribution in [3.8, 4) is 5.75 Å². The van der Waals surface area contributed by atoms with Crippen molar-refractivity contribution in [1.82, 2.24) is 9.80 Å². The molecule has 29 heavy (non-hydrogen) atoms. The van der Waals surface area contributed by atoms with Crippen LogP contribution in [0.15, 0.2) is 66.7 Å². The zero-order valence-corrected chi connectivity index (χ0v) is 16.9. The van der Waals surface area contributed by atoms with E-state index in [1.165, 1.54) is 22.4 Å². The third kappa shape index (κ3) is 4.84. The largest absolute Gasteiger partial charge is 0.496 e. The fraction of sp³-hybridized carbons (Fsp3) is 0.280. The lowest BCUT2D eigenvalue weighted by molar-refractivity contribution is 0.137. The van der Waals surface area contributed by atoms with E-state index < -0.39 is 0 Å². The molecule has 0 unspecified atom stereocenters. The molecule has 0 radical (unpaired) electrons. The summed E-state index contributed by atoms with van der Waals surface area (Å²) in [5, 5.41) is 2.45. The number of halogens is 1. The fourth-order valence-corrected chi connectivity index (χ4v) is 3.97. The molecular weight excluding hydrogens is 363 g/mol. The highest BCUT2D eigenvalue weighted by Gasteiger charge is 2.17. The van der Waals surface area contributed by atoms with Crippen LogP contribution in [-0.2, 0) is 6.54 Å². The summed E-state index contributed by atoms with van der Waals surface area (Å²) in [6.45, 7) is 6.04. The first-order chi connectivity index (χ1) is 14.2. The van der Waals surface area contributed by atoms with Crippen molar-refractivity contribution in [2.45, 2.75) is 6.54 Å². The summed E-state index contributed by atoms with van der Waals surface area (Å²) >= 11 is 0. The summed E-state index contributed by atoms with van der Waals surface area (Å²) in [6, 6.07) is 19.4. The second kappa shape index (κ2) is 9.21. The van der Waals surface area contributed by atoms with Gasteiger partial charge >= 0.3 is 0 Å². The highest BCUT2D eigenvalue weighted by Crippen LogP contribution is 2.29. The van der Waals surface area contributed by atoms with Crippen molar-refractivity contribution < 1.29 is 9.13 Å². The SMILES string of the molecule is COc1ccc(CN2CCN(CC=Cc3cccc(F)c3)CC2)c2ccccc12. The van der Waals surface area contributed by atoms with E-state index in [0.29, 0.717) is 0 Å². The molecule has 0 bridgehead atoms. The van der Waals surface area contributed by atoms with Crippen LogP contribution < -0.4 is 4.74 Å². The van der Waals surface area contributed by atoms with Gasteiger partial charge in [-0.15, -0.1) is 0 Å². The molecule has 1 heterocycles. The number of rotatable bonds is 6. The van der Waals surface area contributed by atoms with Gasteiger partial charge in [-0.25, -0.2) is 4.39 Å². The average Bonchev–Trinajstić information content (AvgIpc) is 2.75. The number of nitrogens with zero attached hydrogens (tertiary/aromatic N) is 2. The molecule has 4 rings (SSSR count). The van der Waals surface area contributed by atoms with E-state index in [1.807, 2.05) is 12.1 Å². The maximum absolute atomic E-state index is 13.3. The third-order valence-electron chi connectivity index (χ3n) is 5.58. The first-order valence-corrected chi connectivity index (χ1v) is 10.1. The first-order valence-electron chi connectivity index (χ1n) is 10.1. The lowest BCUT2D eigenvalue weighted by Crippen LogP contribution is -2.45. The van der Waals surface area contributed by atoms with Gasteiger partial charge < -0.3 is 4.74 Å². The summed E-state index contributed by atoms with van der Waals surface area (Å²) in [7, 11) is 1.73. The molecular formula is C25H27FN2O. The van der Waals surface area contributed by atoms with E-state index in [-0.39, 0.29) is 5.82 Å². The molecule has 3 aromatic carbocycles.